The van der Waals surface area contributed by atoms with E-state index in [9.17, 15) is 4.39 Å². The van der Waals surface area contributed by atoms with Crippen LogP contribution in [0.3, 0.4) is 0 Å². The van der Waals surface area contributed by atoms with Crippen molar-refractivity contribution in [3.8, 4) is 0 Å². The van der Waals surface area contributed by atoms with Crippen molar-refractivity contribution in [1.29, 1.82) is 0 Å². The standard InChI is InChI=1S/C15H18FN3/c1-10(2)13-9-14(17-3)19-15(18-13)8-11-5-4-6-12(16)7-11/h4-7,9-10H,8H2,1-3H3,(H,17,18,19). The Balaban J connectivity index is 2.31. The summed E-state index contributed by atoms with van der Waals surface area (Å²) in [6, 6.07) is 8.49. The van der Waals surface area contributed by atoms with E-state index >= 15 is 0 Å². The first-order valence-corrected chi connectivity index (χ1v) is 6.38. The van der Waals surface area contributed by atoms with Gasteiger partial charge in [0, 0.05) is 25.2 Å². The minimum absolute atomic E-state index is 0.230. The van der Waals surface area contributed by atoms with Crippen LogP contribution in [0.15, 0.2) is 30.3 Å². The predicted molar refractivity (Wildman–Crippen MR) is 74.9 cm³/mol. The molecule has 0 atom stereocenters. The van der Waals surface area contributed by atoms with Crippen molar-refractivity contribution < 1.29 is 4.39 Å². The van der Waals surface area contributed by atoms with Gasteiger partial charge in [-0.15, -0.1) is 0 Å². The molecule has 4 heteroatoms. The monoisotopic (exact) mass is 259 g/mol. The molecule has 2 rings (SSSR count). The van der Waals surface area contributed by atoms with Crippen LogP contribution >= 0.6 is 0 Å². The lowest BCUT2D eigenvalue weighted by molar-refractivity contribution is 0.625. The Morgan fingerprint density at radius 2 is 2.00 bits per heavy atom. The predicted octanol–water partition coefficient (Wildman–Crippen LogP) is 3.37. The lowest BCUT2D eigenvalue weighted by Gasteiger charge is -2.10. The number of benzene rings is 1. The average molecular weight is 259 g/mol. The largest absolute Gasteiger partial charge is 0.373 e. The summed E-state index contributed by atoms with van der Waals surface area (Å²) in [4.78, 5) is 8.95. The Kier molecular flexibility index (Phi) is 4.10. The van der Waals surface area contributed by atoms with Crippen LogP contribution in [0.2, 0.25) is 0 Å². The number of halogens is 1. The highest BCUT2D eigenvalue weighted by Crippen LogP contribution is 2.17. The second-order valence-electron chi connectivity index (χ2n) is 4.81. The molecule has 0 saturated heterocycles. The highest BCUT2D eigenvalue weighted by Gasteiger charge is 2.08. The SMILES string of the molecule is CNc1cc(C(C)C)nc(Cc2cccc(F)c2)n1. The Morgan fingerprint density at radius 3 is 2.63 bits per heavy atom. The lowest BCUT2D eigenvalue weighted by atomic mass is 10.1. The summed E-state index contributed by atoms with van der Waals surface area (Å²) >= 11 is 0. The highest BCUT2D eigenvalue weighted by molar-refractivity contribution is 5.37. The van der Waals surface area contributed by atoms with Crippen LogP contribution in [0, 0.1) is 5.82 Å². The van der Waals surface area contributed by atoms with Gasteiger partial charge >= 0.3 is 0 Å². The number of rotatable bonds is 4. The fourth-order valence-electron chi connectivity index (χ4n) is 1.85. The van der Waals surface area contributed by atoms with Crippen LogP contribution in [0.1, 0.15) is 36.8 Å². The van der Waals surface area contributed by atoms with Gasteiger partial charge in [-0.1, -0.05) is 26.0 Å². The zero-order valence-electron chi connectivity index (χ0n) is 11.4. The molecule has 0 aliphatic carbocycles. The number of hydrogen-bond acceptors (Lipinski definition) is 3. The highest BCUT2D eigenvalue weighted by atomic mass is 19.1. The van der Waals surface area contributed by atoms with Gasteiger partial charge in [-0.3, -0.25) is 0 Å². The van der Waals surface area contributed by atoms with Gasteiger partial charge in [0.05, 0.1) is 0 Å². The molecule has 2 aromatic rings. The smallest absolute Gasteiger partial charge is 0.135 e. The first-order chi connectivity index (χ1) is 9.08. The second kappa shape index (κ2) is 5.78. The van der Waals surface area contributed by atoms with E-state index in [1.807, 2.05) is 19.2 Å². The number of aromatic nitrogens is 2. The van der Waals surface area contributed by atoms with E-state index in [2.05, 4.69) is 29.1 Å². The number of anilines is 1. The van der Waals surface area contributed by atoms with E-state index in [4.69, 9.17) is 0 Å². The number of nitrogens with one attached hydrogen (secondary N) is 1. The molecule has 0 bridgehead atoms. The number of hydrogen-bond donors (Lipinski definition) is 1. The van der Waals surface area contributed by atoms with Crippen molar-refractivity contribution >= 4 is 5.82 Å². The zero-order chi connectivity index (χ0) is 13.8. The molecule has 0 amide bonds. The second-order valence-corrected chi connectivity index (χ2v) is 4.81. The molecule has 3 nitrogen and oxygen atoms in total. The molecular formula is C15H18FN3. The van der Waals surface area contributed by atoms with Crippen molar-refractivity contribution in [3.63, 3.8) is 0 Å². The van der Waals surface area contributed by atoms with E-state index in [1.165, 1.54) is 12.1 Å². The third-order valence-corrected chi connectivity index (χ3v) is 2.89. The molecule has 0 saturated carbocycles. The van der Waals surface area contributed by atoms with Crippen LogP contribution in [-0.4, -0.2) is 17.0 Å². The molecular weight excluding hydrogens is 241 g/mol. The minimum atomic E-state index is -0.230. The summed E-state index contributed by atoms with van der Waals surface area (Å²) in [6.07, 6.45) is 0.535. The zero-order valence-corrected chi connectivity index (χ0v) is 11.4. The van der Waals surface area contributed by atoms with Gasteiger partial charge in [-0.05, 0) is 23.6 Å². The third-order valence-electron chi connectivity index (χ3n) is 2.89. The maximum atomic E-state index is 13.2. The van der Waals surface area contributed by atoms with Crippen molar-refractivity contribution in [2.45, 2.75) is 26.2 Å². The van der Waals surface area contributed by atoms with Crippen molar-refractivity contribution in [3.05, 3.63) is 53.2 Å². The molecule has 0 unspecified atom stereocenters. The maximum Gasteiger partial charge on any atom is 0.135 e. The molecule has 0 fully saturated rings. The maximum absolute atomic E-state index is 13.2. The molecule has 0 aliphatic heterocycles. The van der Waals surface area contributed by atoms with E-state index in [0.29, 0.717) is 18.2 Å². The van der Waals surface area contributed by atoms with Crippen LogP contribution in [0.25, 0.3) is 0 Å². The molecule has 0 spiro atoms. The first-order valence-electron chi connectivity index (χ1n) is 6.38. The Hall–Kier alpha value is -1.97. The molecule has 1 aromatic carbocycles. The topological polar surface area (TPSA) is 37.8 Å². The Labute approximate surface area is 112 Å². The van der Waals surface area contributed by atoms with Gasteiger partial charge in [0.25, 0.3) is 0 Å². The first kappa shape index (κ1) is 13.5. The quantitative estimate of drug-likeness (QED) is 0.914. The van der Waals surface area contributed by atoms with E-state index in [-0.39, 0.29) is 5.82 Å². The summed E-state index contributed by atoms with van der Waals surface area (Å²) in [5, 5.41) is 3.03. The van der Waals surface area contributed by atoms with Crippen molar-refractivity contribution in [2.24, 2.45) is 0 Å². The summed E-state index contributed by atoms with van der Waals surface area (Å²) in [6.45, 7) is 4.18. The van der Waals surface area contributed by atoms with Crippen LogP contribution in [0.4, 0.5) is 10.2 Å². The van der Waals surface area contributed by atoms with E-state index < -0.39 is 0 Å². The third kappa shape index (κ3) is 3.50. The average Bonchev–Trinajstić information content (AvgIpc) is 2.38. The van der Waals surface area contributed by atoms with Crippen molar-refractivity contribution in [2.75, 3.05) is 12.4 Å². The molecule has 1 aromatic heterocycles. The van der Waals surface area contributed by atoms with Gasteiger partial charge in [-0.25, -0.2) is 14.4 Å². The van der Waals surface area contributed by atoms with Gasteiger partial charge in [0.2, 0.25) is 0 Å². The summed E-state index contributed by atoms with van der Waals surface area (Å²) in [5.74, 6) is 1.61. The molecule has 0 aliphatic rings. The molecule has 100 valence electrons. The van der Waals surface area contributed by atoms with E-state index in [1.54, 1.807) is 6.07 Å². The molecule has 19 heavy (non-hydrogen) atoms. The van der Waals surface area contributed by atoms with Gasteiger partial charge in [-0.2, -0.15) is 0 Å². The summed E-state index contributed by atoms with van der Waals surface area (Å²) in [5.41, 5.74) is 1.87. The van der Waals surface area contributed by atoms with Gasteiger partial charge < -0.3 is 5.32 Å². The van der Waals surface area contributed by atoms with E-state index in [0.717, 1.165) is 17.1 Å². The van der Waals surface area contributed by atoms with Crippen LogP contribution in [0.5, 0.6) is 0 Å². The molecule has 1 heterocycles. The summed E-state index contributed by atoms with van der Waals surface area (Å²) < 4.78 is 13.2. The summed E-state index contributed by atoms with van der Waals surface area (Å²) in [7, 11) is 1.83. The number of nitrogens with zero attached hydrogens (tertiary/aromatic N) is 2. The minimum Gasteiger partial charge on any atom is -0.373 e. The fourth-order valence-corrected chi connectivity index (χ4v) is 1.85. The van der Waals surface area contributed by atoms with Gasteiger partial charge in [0.1, 0.15) is 17.5 Å². The Morgan fingerprint density at radius 1 is 1.21 bits per heavy atom. The molecule has 0 radical (unpaired) electrons. The van der Waals surface area contributed by atoms with Crippen molar-refractivity contribution in [1.82, 2.24) is 9.97 Å². The Bertz CT molecular complexity index is 567. The van der Waals surface area contributed by atoms with Gasteiger partial charge in [0.15, 0.2) is 0 Å². The fraction of sp³-hybridized carbons (Fsp3) is 0.333. The van der Waals surface area contributed by atoms with Crippen LogP contribution < -0.4 is 5.32 Å². The normalized spacial score (nSPS) is 10.8. The van der Waals surface area contributed by atoms with Crippen LogP contribution in [-0.2, 0) is 6.42 Å². The molecule has 1 N–H and O–H groups in total. The lowest BCUT2D eigenvalue weighted by Crippen LogP contribution is -2.05.